The lowest BCUT2D eigenvalue weighted by atomic mass is 9.99. The fraction of sp³-hybridized carbons (Fsp3) is 0.562. The van der Waals surface area contributed by atoms with Gasteiger partial charge in [0, 0.05) is 44.4 Å². The van der Waals surface area contributed by atoms with Crippen LogP contribution < -0.4 is 0 Å². The third-order valence-corrected chi connectivity index (χ3v) is 3.82. The first kappa shape index (κ1) is 16.0. The molecule has 1 fully saturated rings. The second-order valence-corrected chi connectivity index (χ2v) is 5.65. The summed E-state index contributed by atoms with van der Waals surface area (Å²) in [5.74, 6) is -1.06. The molecule has 3 nitrogen and oxygen atoms in total. The Bertz CT molecular complexity index is 467. The molecule has 0 aliphatic carbocycles. The average Bonchev–Trinajstić information content (AvgIpc) is 2.45. The number of nitrogens with zero attached hydrogens (tertiary/aromatic N) is 1. The van der Waals surface area contributed by atoms with Crippen molar-refractivity contribution in [3.05, 3.63) is 35.4 Å². The smallest absolute Gasteiger partial charge is 0.164 e. The van der Waals surface area contributed by atoms with Crippen LogP contribution in [-0.2, 0) is 4.74 Å². The number of hydrogen-bond acceptors (Lipinski definition) is 3. The Labute approximate surface area is 123 Å². The molecule has 0 aromatic heterocycles. The van der Waals surface area contributed by atoms with E-state index in [0.717, 1.165) is 50.8 Å². The SMILES string of the molecule is CN(CCC(=O)c1cc(F)cc(F)c1)CC1CCOCC1. The number of carbonyl (C=O) groups is 1. The lowest BCUT2D eigenvalue weighted by molar-refractivity contribution is 0.0553. The molecule has 0 atom stereocenters. The Morgan fingerprint density at radius 1 is 1.24 bits per heavy atom. The standard InChI is InChI=1S/C16H21F2NO2/c1-19(11-12-3-6-21-7-4-12)5-2-16(20)13-8-14(17)10-15(18)9-13/h8-10,12H,2-7,11H2,1H3. The van der Waals surface area contributed by atoms with E-state index < -0.39 is 11.6 Å². The molecule has 0 N–H and O–H groups in total. The van der Waals surface area contributed by atoms with Crippen molar-refractivity contribution in [1.82, 2.24) is 4.90 Å². The summed E-state index contributed by atoms with van der Waals surface area (Å²) in [6, 6.07) is 2.95. The van der Waals surface area contributed by atoms with Gasteiger partial charge in [0.05, 0.1) is 0 Å². The zero-order valence-electron chi connectivity index (χ0n) is 12.3. The van der Waals surface area contributed by atoms with Crippen molar-refractivity contribution >= 4 is 5.78 Å². The first-order valence-corrected chi connectivity index (χ1v) is 7.30. The van der Waals surface area contributed by atoms with Gasteiger partial charge in [0.15, 0.2) is 5.78 Å². The maximum Gasteiger partial charge on any atom is 0.164 e. The number of ether oxygens (including phenoxy) is 1. The summed E-state index contributed by atoms with van der Waals surface area (Å²) in [5.41, 5.74) is 0.104. The second kappa shape index (κ2) is 7.61. The molecular formula is C16H21F2NO2. The molecule has 1 aromatic carbocycles. The van der Waals surface area contributed by atoms with Gasteiger partial charge in [0.1, 0.15) is 11.6 Å². The molecule has 2 rings (SSSR count). The molecule has 0 spiro atoms. The van der Waals surface area contributed by atoms with Gasteiger partial charge in [-0.2, -0.15) is 0 Å². The van der Waals surface area contributed by atoms with Crippen LogP contribution in [0.4, 0.5) is 8.78 Å². The minimum atomic E-state index is -0.714. The number of halogens is 2. The highest BCUT2D eigenvalue weighted by Crippen LogP contribution is 2.16. The Balaban J connectivity index is 1.79. The van der Waals surface area contributed by atoms with Crippen LogP contribution in [0.5, 0.6) is 0 Å². The lowest BCUT2D eigenvalue weighted by Gasteiger charge is -2.26. The maximum atomic E-state index is 13.1. The number of rotatable bonds is 6. The largest absolute Gasteiger partial charge is 0.381 e. The molecule has 1 saturated heterocycles. The van der Waals surface area contributed by atoms with Crippen LogP contribution in [0.3, 0.4) is 0 Å². The van der Waals surface area contributed by atoms with E-state index in [2.05, 4.69) is 4.90 Å². The Kier molecular flexibility index (Phi) is 5.82. The van der Waals surface area contributed by atoms with E-state index in [1.165, 1.54) is 0 Å². The minimum absolute atomic E-state index is 0.104. The summed E-state index contributed by atoms with van der Waals surface area (Å²) in [7, 11) is 1.97. The Hall–Kier alpha value is -1.33. The van der Waals surface area contributed by atoms with E-state index in [4.69, 9.17) is 4.74 Å². The van der Waals surface area contributed by atoms with Gasteiger partial charge in [0.25, 0.3) is 0 Å². The van der Waals surface area contributed by atoms with Crippen molar-refractivity contribution in [3.8, 4) is 0 Å². The predicted molar refractivity (Wildman–Crippen MR) is 76.3 cm³/mol. The summed E-state index contributed by atoms with van der Waals surface area (Å²) in [4.78, 5) is 14.1. The van der Waals surface area contributed by atoms with Gasteiger partial charge in [-0.25, -0.2) is 8.78 Å². The highest BCUT2D eigenvalue weighted by atomic mass is 19.1. The zero-order chi connectivity index (χ0) is 15.2. The number of hydrogen-bond donors (Lipinski definition) is 0. The Morgan fingerprint density at radius 2 is 1.86 bits per heavy atom. The van der Waals surface area contributed by atoms with Crippen molar-refractivity contribution < 1.29 is 18.3 Å². The molecule has 0 bridgehead atoms. The molecule has 1 aliphatic heterocycles. The molecule has 0 saturated carbocycles. The van der Waals surface area contributed by atoms with Gasteiger partial charge in [0.2, 0.25) is 0 Å². The molecule has 0 amide bonds. The van der Waals surface area contributed by atoms with E-state index in [-0.39, 0.29) is 17.8 Å². The zero-order valence-corrected chi connectivity index (χ0v) is 12.3. The fourth-order valence-electron chi connectivity index (χ4n) is 2.61. The normalized spacial score (nSPS) is 16.4. The van der Waals surface area contributed by atoms with Crippen LogP contribution in [0, 0.1) is 17.6 Å². The molecule has 1 heterocycles. The average molecular weight is 297 g/mol. The van der Waals surface area contributed by atoms with E-state index in [9.17, 15) is 13.6 Å². The molecule has 1 aliphatic rings. The van der Waals surface area contributed by atoms with Crippen molar-refractivity contribution in [3.63, 3.8) is 0 Å². The van der Waals surface area contributed by atoms with Gasteiger partial charge in [-0.3, -0.25) is 4.79 Å². The van der Waals surface area contributed by atoms with Gasteiger partial charge >= 0.3 is 0 Å². The minimum Gasteiger partial charge on any atom is -0.381 e. The van der Waals surface area contributed by atoms with E-state index in [1.54, 1.807) is 0 Å². The van der Waals surface area contributed by atoms with Gasteiger partial charge < -0.3 is 9.64 Å². The summed E-state index contributed by atoms with van der Waals surface area (Å²) >= 11 is 0. The first-order chi connectivity index (χ1) is 10.0. The Morgan fingerprint density at radius 3 is 2.48 bits per heavy atom. The van der Waals surface area contributed by atoms with Crippen LogP contribution in [0.25, 0.3) is 0 Å². The fourth-order valence-corrected chi connectivity index (χ4v) is 2.61. The number of Topliss-reactive ketones (excluding diaryl/α,β-unsaturated/α-hetero) is 1. The van der Waals surface area contributed by atoms with Gasteiger partial charge in [-0.15, -0.1) is 0 Å². The van der Waals surface area contributed by atoms with E-state index in [0.29, 0.717) is 12.5 Å². The number of ketones is 1. The molecule has 0 radical (unpaired) electrons. The van der Waals surface area contributed by atoms with Crippen molar-refractivity contribution in [2.75, 3.05) is 33.4 Å². The molecule has 5 heteroatoms. The summed E-state index contributed by atoms with van der Waals surface area (Å²) in [6.07, 6.45) is 2.36. The second-order valence-electron chi connectivity index (χ2n) is 5.65. The monoisotopic (exact) mass is 297 g/mol. The molecule has 21 heavy (non-hydrogen) atoms. The molecular weight excluding hydrogens is 276 g/mol. The quantitative estimate of drug-likeness (QED) is 0.756. The van der Waals surface area contributed by atoms with E-state index >= 15 is 0 Å². The van der Waals surface area contributed by atoms with Crippen LogP contribution >= 0.6 is 0 Å². The summed E-state index contributed by atoms with van der Waals surface area (Å²) in [5, 5.41) is 0. The number of carbonyl (C=O) groups excluding carboxylic acids is 1. The molecule has 116 valence electrons. The summed E-state index contributed by atoms with van der Waals surface area (Å²) < 4.78 is 31.5. The van der Waals surface area contributed by atoms with Crippen molar-refractivity contribution in [1.29, 1.82) is 0 Å². The highest BCUT2D eigenvalue weighted by Gasteiger charge is 2.16. The maximum absolute atomic E-state index is 13.1. The van der Waals surface area contributed by atoms with Crippen LogP contribution in [0.1, 0.15) is 29.6 Å². The van der Waals surface area contributed by atoms with Gasteiger partial charge in [-0.1, -0.05) is 0 Å². The first-order valence-electron chi connectivity index (χ1n) is 7.30. The molecule has 0 unspecified atom stereocenters. The van der Waals surface area contributed by atoms with Crippen molar-refractivity contribution in [2.45, 2.75) is 19.3 Å². The lowest BCUT2D eigenvalue weighted by Crippen LogP contribution is -2.31. The summed E-state index contributed by atoms with van der Waals surface area (Å²) in [6.45, 7) is 3.13. The molecule has 1 aromatic rings. The third kappa shape index (κ3) is 5.17. The highest BCUT2D eigenvalue weighted by molar-refractivity contribution is 5.96. The number of benzene rings is 1. The topological polar surface area (TPSA) is 29.5 Å². The van der Waals surface area contributed by atoms with Crippen LogP contribution in [0.15, 0.2) is 18.2 Å². The predicted octanol–water partition coefficient (Wildman–Crippen LogP) is 2.90. The third-order valence-electron chi connectivity index (χ3n) is 3.82. The van der Waals surface area contributed by atoms with E-state index in [1.807, 2.05) is 7.05 Å². The van der Waals surface area contributed by atoms with Gasteiger partial charge in [-0.05, 0) is 37.9 Å². The van der Waals surface area contributed by atoms with Crippen LogP contribution in [0.2, 0.25) is 0 Å². The van der Waals surface area contributed by atoms with Crippen LogP contribution in [-0.4, -0.2) is 44.0 Å². The van der Waals surface area contributed by atoms with Crippen molar-refractivity contribution in [2.24, 2.45) is 5.92 Å².